The number of hydrogen-bond acceptors (Lipinski definition) is 1. The van der Waals surface area contributed by atoms with E-state index in [1.54, 1.807) is 6.92 Å². The van der Waals surface area contributed by atoms with Gasteiger partial charge in [-0.05, 0) is 82.7 Å². The van der Waals surface area contributed by atoms with Crippen LogP contribution in [0.25, 0.3) is 5.57 Å². The van der Waals surface area contributed by atoms with E-state index in [9.17, 15) is 0 Å². The van der Waals surface area contributed by atoms with Crippen molar-refractivity contribution in [2.45, 2.75) is 82.1 Å². The van der Waals surface area contributed by atoms with Crippen LogP contribution in [0.5, 0.6) is 0 Å². The molecule has 1 aromatic carbocycles. The molecule has 0 amide bonds. The third kappa shape index (κ3) is 20.8. The third-order valence-electron chi connectivity index (χ3n) is 4.25. The fraction of sp³-hybridized carbons (Fsp3) is 0.364. The summed E-state index contributed by atoms with van der Waals surface area (Å²) in [5.74, 6) is 2.86. The molecule has 0 atom stereocenters. The number of aliphatic imine (C=N–C) groups is 1. The fourth-order valence-electron chi connectivity index (χ4n) is 1.99. The van der Waals surface area contributed by atoms with E-state index in [1.807, 2.05) is 67.5 Å². The molecule has 1 nitrogen and oxygen atoms in total. The van der Waals surface area contributed by atoms with E-state index in [0.29, 0.717) is 5.92 Å². The molecule has 0 aromatic heterocycles. The van der Waals surface area contributed by atoms with Crippen LogP contribution in [0.1, 0.15) is 93.2 Å². The van der Waals surface area contributed by atoms with E-state index >= 15 is 0 Å². The van der Waals surface area contributed by atoms with Crippen molar-refractivity contribution in [3.8, 4) is 12.3 Å². The first kappa shape index (κ1) is 38.2. The molecule has 0 saturated heterocycles. The maximum absolute atomic E-state index is 4.60. The van der Waals surface area contributed by atoms with Crippen molar-refractivity contribution < 1.29 is 0 Å². The second-order valence-corrected chi connectivity index (χ2v) is 7.66. The topological polar surface area (TPSA) is 12.4 Å². The Morgan fingerprint density at radius 2 is 1.32 bits per heavy atom. The molecule has 0 unspecified atom stereocenters. The molecule has 0 aliphatic carbocycles. The first-order valence-corrected chi connectivity index (χ1v) is 11.8. The highest BCUT2D eigenvalue weighted by Crippen LogP contribution is 2.17. The maximum Gasteiger partial charge on any atom is 0.0658 e. The smallest absolute Gasteiger partial charge is 0.0658 e. The van der Waals surface area contributed by atoms with Crippen LogP contribution in [0.2, 0.25) is 0 Å². The number of rotatable bonds is 6. The average molecular weight is 462 g/mol. The van der Waals surface area contributed by atoms with Gasteiger partial charge in [-0.15, -0.1) is 25.5 Å². The van der Waals surface area contributed by atoms with Crippen molar-refractivity contribution in [1.82, 2.24) is 0 Å². The minimum atomic E-state index is 0.615. The predicted molar refractivity (Wildman–Crippen MR) is 163 cm³/mol. The average Bonchev–Trinajstić information content (AvgIpc) is 2.81. The molecular weight excluding hydrogens is 410 g/mol. The van der Waals surface area contributed by atoms with Gasteiger partial charge in [0.25, 0.3) is 0 Å². The van der Waals surface area contributed by atoms with E-state index in [4.69, 9.17) is 0 Å². The zero-order valence-electron chi connectivity index (χ0n) is 24.1. The summed E-state index contributed by atoms with van der Waals surface area (Å²) in [7, 11) is 0. The molecule has 0 fully saturated rings. The largest absolute Gasteiger partial charge is 0.254 e. The van der Waals surface area contributed by atoms with Gasteiger partial charge in [0.15, 0.2) is 0 Å². The van der Waals surface area contributed by atoms with Gasteiger partial charge in [0, 0.05) is 5.70 Å². The van der Waals surface area contributed by atoms with Crippen LogP contribution >= 0.6 is 0 Å². The summed E-state index contributed by atoms with van der Waals surface area (Å²) in [6.45, 7) is 39.8. The van der Waals surface area contributed by atoms with Crippen LogP contribution in [0.15, 0.2) is 96.7 Å². The Kier molecular flexibility index (Phi) is 27.5. The molecule has 0 aliphatic rings. The second-order valence-electron chi connectivity index (χ2n) is 7.66. The summed E-state index contributed by atoms with van der Waals surface area (Å²) in [4.78, 5) is 4.48. The molecule has 0 bridgehead atoms. The van der Waals surface area contributed by atoms with Crippen molar-refractivity contribution in [3.05, 3.63) is 103 Å². The lowest BCUT2D eigenvalue weighted by atomic mass is 10.00. The number of allylic oxidation sites excluding steroid dienone is 7. The van der Waals surface area contributed by atoms with Gasteiger partial charge in [0.2, 0.25) is 0 Å². The Hall–Kier alpha value is -3.11. The fourth-order valence-corrected chi connectivity index (χ4v) is 1.99. The SMILES string of the molecule is C#CC.C=C.C=C(C)C(/C=C(\C)C(=C)C)=N\C(C)=C\C.C=C(C)c1ccc(C(C)C)cc1.CC. The minimum absolute atomic E-state index is 0.615. The van der Waals surface area contributed by atoms with Crippen LogP contribution < -0.4 is 0 Å². The molecule has 0 spiro atoms. The second kappa shape index (κ2) is 24.5. The molecule has 0 heterocycles. The number of hydrogen-bond donors (Lipinski definition) is 0. The van der Waals surface area contributed by atoms with Gasteiger partial charge in [-0.2, -0.15) is 0 Å². The van der Waals surface area contributed by atoms with E-state index < -0.39 is 0 Å². The molecule has 0 radical (unpaired) electrons. The van der Waals surface area contributed by atoms with Crippen molar-refractivity contribution >= 4 is 11.3 Å². The number of benzene rings is 1. The van der Waals surface area contributed by atoms with E-state index in [0.717, 1.165) is 33.7 Å². The van der Waals surface area contributed by atoms with Crippen LogP contribution in [-0.4, -0.2) is 5.71 Å². The summed E-state index contributed by atoms with van der Waals surface area (Å²) in [5, 5.41) is 0. The first-order chi connectivity index (χ1) is 15.9. The molecule has 1 rings (SSSR count). The summed E-state index contributed by atoms with van der Waals surface area (Å²) < 4.78 is 0. The number of terminal acetylenes is 1. The van der Waals surface area contributed by atoms with Gasteiger partial charge < -0.3 is 0 Å². The van der Waals surface area contributed by atoms with Crippen molar-refractivity contribution in [2.75, 3.05) is 0 Å². The van der Waals surface area contributed by atoms with Crippen LogP contribution in [-0.2, 0) is 0 Å². The maximum atomic E-state index is 4.60. The summed E-state index contributed by atoms with van der Waals surface area (Å²) in [6.07, 6.45) is 8.60. The van der Waals surface area contributed by atoms with Crippen LogP contribution in [0, 0.1) is 12.3 Å². The van der Waals surface area contributed by atoms with Crippen molar-refractivity contribution in [2.24, 2.45) is 4.99 Å². The standard InChI is InChI=1S/C14H21N.C12H16.C3H4.C2H6.C2H4/c1-8-13(7)15-14(11(4)5)9-12(6)10(2)3;1-9(2)11-5-7-12(8-6-11)10(3)4;1-3-2;2*1-2/h8-9H,2,4H2,1,3,5-7H3;5-8,10H,1H2,2-4H3;1H,2H3;1-2H3;1-2H2/b12-9+,13-8+,15-14-;;;;. The zero-order valence-corrected chi connectivity index (χ0v) is 24.1. The monoisotopic (exact) mass is 461 g/mol. The minimum Gasteiger partial charge on any atom is -0.254 e. The van der Waals surface area contributed by atoms with Gasteiger partial charge in [-0.1, -0.05) is 88.9 Å². The zero-order chi connectivity index (χ0) is 27.9. The normalized spacial score (nSPS) is 10.4. The van der Waals surface area contributed by atoms with Gasteiger partial charge in [0.05, 0.1) is 5.71 Å². The highest BCUT2D eigenvalue weighted by molar-refractivity contribution is 6.08. The summed E-state index contributed by atoms with van der Waals surface area (Å²) >= 11 is 0. The Morgan fingerprint density at radius 1 is 0.912 bits per heavy atom. The lowest BCUT2D eigenvalue weighted by molar-refractivity contribution is 0.866. The van der Waals surface area contributed by atoms with Crippen LogP contribution in [0.4, 0.5) is 0 Å². The Labute approximate surface area is 213 Å². The van der Waals surface area contributed by atoms with Gasteiger partial charge in [-0.3, -0.25) is 4.99 Å². The Morgan fingerprint density at radius 3 is 1.59 bits per heavy atom. The highest BCUT2D eigenvalue weighted by atomic mass is 14.7. The molecule has 0 N–H and O–H groups in total. The molecule has 0 aliphatic heterocycles. The lowest BCUT2D eigenvalue weighted by Gasteiger charge is -2.06. The Balaban J connectivity index is -0.000000211. The van der Waals surface area contributed by atoms with E-state index in [-0.39, 0.29) is 0 Å². The third-order valence-corrected chi connectivity index (χ3v) is 4.25. The lowest BCUT2D eigenvalue weighted by Crippen LogP contribution is -1.97. The van der Waals surface area contributed by atoms with Crippen molar-refractivity contribution in [3.63, 3.8) is 0 Å². The molecule has 1 heteroatoms. The highest BCUT2D eigenvalue weighted by Gasteiger charge is 1.99. The van der Waals surface area contributed by atoms with Gasteiger partial charge >= 0.3 is 0 Å². The van der Waals surface area contributed by atoms with E-state index in [2.05, 4.69) is 88.3 Å². The first-order valence-electron chi connectivity index (χ1n) is 11.8. The molecule has 34 heavy (non-hydrogen) atoms. The predicted octanol–water partition coefficient (Wildman–Crippen LogP) is 10.8. The number of nitrogens with zero attached hydrogens (tertiary/aromatic N) is 1. The van der Waals surface area contributed by atoms with Gasteiger partial charge in [-0.25, -0.2) is 0 Å². The summed E-state index contributed by atoms with van der Waals surface area (Å²) in [6, 6.07) is 8.62. The molecule has 188 valence electrons. The van der Waals surface area contributed by atoms with Gasteiger partial charge in [0.1, 0.15) is 0 Å². The van der Waals surface area contributed by atoms with E-state index in [1.165, 1.54) is 11.1 Å². The molecule has 0 saturated carbocycles. The van der Waals surface area contributed by atoms with Crippen LogP contribution in [0.3, 0.4) is 0 Å². The summed E-state index contributed by atoms with van der Waals surface area (Å²) in [5.41, 5.74) is 8.84. The molecule has 1 aromatic rings. The Bertz CT molecular complexity index is 847. The van der Waals surface area contributed by atoms with Crippen molar-refractivity contribution in [1.29, 1.82) is 0 Å². The quantitative estimate of drug-likeness (QED) is 0.173. The molecular formula is C33H51N.